The largest absolute Gasteiger partial charge is 0.499 e. The molecule has 0 aromatic rings. The minimum atomic E-state index is -1.96. The highest BCUT2D eigenvalue weighted by Gasteiger charge is 2.86. The first-order valence-corrected chi connectivity index (χ1v) is 37.8. The monoisotopic (exact) mass is 1490 g/mol. The predicted octanol–water partition coefficient (Wildman–Crippen LogP) is 7.82. The molecule has 0 amide bonds. The maximum absolute atomic E-state index is 14.7. The zero-order valence-corrected chi connectivity index (χ0v) is 65.6. The van der Waals surface area contributed by atoms with Crippen molar-refractivity contribution in [2.75, 3.05) is 13.7 Å². The second-order valence-corrected chi connectivity index (χ2v) is 35.9. The molecule has 6 saturated carbocycles. The summed E-state index contributed by atoms with van der Waals surface area (Å²) in [4.78, 5) is 111. The van der Waals surface area contributed by atoms with Gasteiger partial charge in [-0.15, -0.1) is 0 Å². The van der Waals surface area contributed by atoms with Crippen molar-refractivity contribution in [1.29, 1.82) is 0 Å². The summed E-state index contributed by atoms with van der Waals surface area (Å²) in [5.74, 6) is -6.84. The van der Waals surface area contributed by atoms with E-state index in [1.807, 2.05) is 122 Å². The van der Waals surface area contributed by atoms with E-state index in [0.29, 0.717) is 82.9 Å². The van der Waals surface area contributed by atoms with Crippen LogP contribution in [-0.2, 0) is 81.0 Å². The Kier molecular flexibility index (Phi) is 21.6. The van der Waals surface area contributed by atoms with E-state index in [0.717, 1.165) is 16.7 Å². The Morgan fingerprint density at radius 3 is 1.08 bits per heavy atom. The highest BCUT2D eigenvalue weighted by molar-refractivity contribution is 5.97. The van der Waals surface area contributed by atoms with Gasteiger partial charge in [0.15, 0.2) is 29.6 Å². The topological polar surface area (TPSA) is 369 Å². The van der Waals surface area contributed by atoms with Gasteiger partial charge in [0.25, 0.3) is 38.8 Å². The number of fused-ring (bicyclic) bond motifs is 9. The Morgan fingerprint density at radius 1 is 0.467 bits per heavy atom. The average Bonchev–Trinajstić information content (AvgIpc) is 1.49. The van der Waals surface area contributed by atoms with E-state index in [4.69, 9.17) is 43.0 Å². The van der Waals surface area contributed by atoms with E-state index in [1.54, 1.807) is 52.0 Å². The predicted molar refractivity (Wildman–Crippen MR) is 384 cm³/mol. The van der Waals surface area contributed by atoms with Crippen molar-refractivity contribution in [2.45, 2.75) is 240 Å². The maximum atomic E-state index is 14.7. The molecule has 30 atom stereocenters. The third-order valence-electron chi connectivity index (χ3n) is 30.7. The molecule has 12 rings (SSSR count). The molecular weight excluding hydrogens is 1380 g/mol. The zero-order valence-electron chi connectivity index (χ0n) is 65.6. The number of carbonyl (C=O) groups is 9. The van der Waals surface area contributed by atoms with Crippen molar-refractivity contribution in [2.24, 2.45) is 121 Å². The summed E-state index contributed by atoms with van der Waals surface area (Å²) in [5.41, 5.74) is -10.5. The fourth-order valence-corrected chi connectivity index (χ4v) is 24.4. The molecule has 0 aromatic carbocycles. The highest BCUT2D eigenvalue weighted by Crippen LogP contribution is 2.79. The molecular formula is C83H114O24. The summed E-state index contributed by atoms with van der Waals surface area (Å²) in [6, 6.07) is 0. The molecule has 24 heteroatoms. The quantitative estimate of drug-likeness (QED) is 0.0209. The second kappa shape index (κ2) is 28.1. The summed E-state index contributed by atoms with van der Waals surface area (Å²) in [5, 5.41) is 82.0. The number of ether oxygens (including phenoxy) is 8. The summed E-state index contributed by atoms with van der Waals surface area (Å²) < 4.78 is 43.5. The van der Waals surface area contributed by atoms with Gasteiger partial charge in [-0.2, -0.15) is 0 Å². The molecule has 6 fully saturated rings. The van der Waals surface area contributed by atoms with Crippen molar-refractivity contribution in [3.63, 3.8) is 0 Å². The lowest BCUT2D eigenvalue weighted by molar-refractivity contribution is -0.185. The van der Waals surface area contributed by atoms with Gasteiger partial charge >= 0.3 is 0 Å². The molecule has 24 nitrogen and oxygen atoms in total. The van der Waals surface area contributed by atoms with E-state index in [2.05, 4.69) is 6.11 Å². The van der Waals surface area contributed by atoms with Crippen LogP contribution in [0.5, 0.6) is 0 Å². The van der Waals surface area contributed by atoms with Crippen LogP contribution in [0.4, 0.5) is 0 Å². The number of Topliss-reactive ketones (excluding diaryl/α,β-unsaturated/α-hetero) is 3. The van der Waals surface area contributed by atoms with Gasteiger partial charge in [0.1, 0.15) is 82.6 Å². The van der Waals surface area contributed by atoms with Crippen molar-refractivity contribution in [1.82, 2.24) is 0 Å². The third-order valence-corrected chi connectivity index (χ3v) is 30.7. The highest BCUT2D eigenvalue weighted by atomic mass is 16.6. The molecule has 590 valence electrons. The molecule has 9 unspecified atom stereocenters. The molecule has 3 spiro atoms. The first-order chi connectivity index (χ1) is 49.9. The Balaban J connectivity index is 0.000000172. The number of methoxy groups -OCH3 is 1. The van der Waals surface area contributed by atoms with E-state index >= 15 is 0 Å². The van der Waals surface area contributed by atoms with Gasteiger partial charge in [0.05, 0.1) is 23.4 Å². The lowest BCUT2D eigenvalue weighted by Gasteiger charge is -2.50. The summed E-state index contributed by atoms with van der Waals surface area (Å²) in [6.07, 6.45) is 11.3. The van der Waals surface area contributed by atoms with Crippen LogP contribution in [0.25, 0.3) is 0 Å². The van der Waals surface area contributed by atoms with Crippen LogP contribution < -0.4 is 0 Å². The van der Waals surface area contributed by atoms with Crippen molar-refractivity contribution < 1.29 is 117 Å². The van der Waals surface area contributed by atoms with Crippen LogP contribution in [-0.4, -0.2) is 176 Å². The maximum Gasteiger partial charge on any atom is 0.293 e. The smallest absolute Gasteiger partial charge is 0.293 e. The van der Waals surface area contributed by atoms with Crippen LogP contribution in [0.3, 0.4) is 0 Å². The van der Waals surface area contributed by atoms with E-state index in [-0.39, 0.29) is 82.8 Å². The molecule has 6 bridgehead atoms. The number of allylic oxidation sites excluding steroid dienone is 3. The lowest BCUT2D eigenvalue weighted by Crippen LogP contribution is -2.63. The molecule has 0 aliphatic heterocycles. The fraction of sp³-hybridized carbons (Fsp3) is 0.723. The average molecular weight is 1500 g/mol. The molecule has 0 heterocycles. The van der Waals surface area contributed by atoms with Crippen LogP contribution in [0.2, 0.25) is 0 Å². The number of aliphatic hydroxyl groups is 7. The van der Waals surface area contributed by atoms with Gasteiger partial charge in [-0.25, -0.2) is 0 Å². The van der Waals surface area contributed by atoms with E-state index < -0.39 is 144 Å². The van der Waals surface area contributed by atoms with Crippen LogP contribution in [0.1, 0.15) is 170 Å². The number of hydrogen-bond acceptors (Lipinski definition) is 24. The minimum Gasteiger partial charge on any atom is -0.499 e. The standard InChI is InChI=1S/C29H38O9.C27H38O8.C27H38O7/c1-16(19(4)37-14-31)9-22-17(2)11-27-18(3)12-28(38-15-32)23(26(28,5)6)21(25(27)34)10-20(13-36-8-7-30)24(33)29(22,27)35;1-14(17(4)34-12-28)8-19-15(2)10-25-16(3)11-26(35-13-29)21(24(26,5)6)18(22(25)30)9-20(33-7)23(31)27(19,25)32;1-14(18(5)33-12-28)9-20-16(3)10-25-17(4)11-26(34-13-29)21(24(26,6)7)19(23(25)31)8-15(2)22(30)27(20,25)32/h10-11,14-16,18-19,21-24,30,33,35H,9,12-13H2,1-6H3;9-10,12-14,16-19,21,23,31-32H,8,11H2,1-7H3;8,10,12-14,17-22,30,32H,9,11H2,1-7H3/t16?,18-,19?,21+,22+,23?,24-,27+,28-,29-;14?,16-,17?,18+,19+,21?,23-,25+,26-,27-;14?,17-,18?,19+,20+,21?,22-,25+,26-,27-/m111/s1. The van der Waals surface area contributed by atoms with Gasteiger partial charge in [-0.3, -0.25) is 43.2 Å². The molecule has 12 aliphatic carbocycles. The minimum absolute atomic E-state index is 0.110. The van der Waals surface area contributed by atoms with Gasteiger partial charge in [-0.1, -0.05) is 130 Å². The number of rotatable bonds is 24. The number of aliphatic hydroxyl groups excluding tert-OH is 4. The van der Waals surface area contributed by atoms with E-state index in [9.17, 15) is 73.8 Å². The Labute approximate surface area is 627 Å². The van der Waals surface area contributed by atoms with Crippen molar-refractivity contribution in [3.05, 3.63) is 70.1 Å². The number of carbonyl (C=O) groups excluding carboxylic acids is 9. The Morgan fingerprint density at radius 2 is 0.776 bits per heavy atom. The summed E-state index contributed by atoms with van der Waals surface area (Å²) in [6.45, 7) is 38.4. The lowest BCUT2D eigenvalue weighted by atomic mass is 9.56. The number of hydrogen-bond donors (Lipinski definition) is 7. The van der Waals surface area contributed by atoms with Gasteiger partial charge < -0.3 is 73.6 Å². The normalized spacial score (nSPS) is 44.1. The van der Waals surface area contributed by atoms with Gasteiger partial charge in [0, 0.05) is 69.5 Å². The van der Waals surface area contributed by atoms with Crippen molar-refractivity contribution >= 4 is 56.2 Å². The van der Waals surface area contributed by atoms with Crippen LogP contribution >= 0.6 is 0 Å². The fourth-order valence-electron chi connectivity index (χ4n) is 24.4. The third kappa shape index (κ3) is 11.0. The van der Waals surface area contributed by atoms with Crippen LogP contribution in [0.15, 0.2) is 70.1 Å². The summed E-state index contributed by atoms with van der Waals surface area (Å²) >= 11 is 0. The molecule has 0 aromatic heterocycles. The molecule has 107 heavy (non-hydrogen) atoms. The number of ketones is 3. The Hall–Kier alpha value is -7.01. The molecule has 7 N–H and O–H groups in total. The zero-order chi connectivity index (χ0) is 79.8. The molecule has 0 saturated heterocycles. The van der Waals surface area contributed by atoms with E-state index in [1.165, 1.54) is 7.11 Å². The molecule has 0 radical (unpaired) electrons. The first-order valence-electron chi connectivity index (χ1n) is 37.8. The summed E-state index contributed by atoms with van der Waals surface area (Å²) in [7, 11) is 1.42. The van der Waals surface area contributed by atoms with Gasteiger partial charge in [0.2, 0.25) is 0 Å². The Bertz CT molecular complexity index is 3850. The van der Waals surface area contributed by atoms with Crippen molar-refractivity contribution in [3.8, 4) is 12.2 Å². The first kappa shape index (κ1) is 82.5. The van der Waals surface area contributed by atoms with Crippen LogP contribution in [0, 0.1) is 133 Å². The van der Waals surface area contributed by atoms with Gasteiger partial charge in [-0.05, 0) is 140 Å². The second-order valence-electron chi connectivity index (χ2n) is 35.9. The SMILES string of the molecule is CC1=C[C@@H]2C(=O)[C@]3(C=C(C)[C@H](CC(C)C(C)OC=O)[C@@]3(O)[C@@H]1O)[C@H](C)C[C@@]1(OC=O)C2C1(C)C.CC1=C[C@]23C(=O)[C@@H](C=C(COC#CO)[C@@H](O)[C@]2(O)[C@H]1CC(C)C(C)OC=O)C1C(C)(C)[C@@]1(OC=O)C[C@H]3C.COC1=C[C@@H]2C(=O)[C@]3(C=C(C)[C@H](CC(C)C(C)OC=O)[C@@]3(O)[C@@H]1O)[C@H](C)C[C@@]1(OC=O)C2C1(C)C. The molecule has 12 aliphatic rings.